The van der Waals surface area contributed by atoms with Crippen LogP contribution in [0.4, 0.5) is 0 Å². The molecule has 1 aliphatic rings. The van der Waals surface area contributed by atoms with Crippen LogP contribution in [0.15, 0.2) is 28.7 Å². The summed E-state index contributed by atoms with van der Waals surface area (Å²) in [5.41, 5.74) is 1.30. The molecule has 19 heavy (non-hydrogen) atoms. The Morgan fingerprint density at radius 1 is 1.42 bits per heavy atom. The highest BCUT2D eigenvalue weighted by Crippen LogP contribution is 2.18. The number of rotatable bonds is 3. The van der Waals surface area contributed by atoms with Crippen LogP contribution in [0, 0.1) is 5.92 Å². The Morgan fingerprint density at radius 2 is 2.11 bits per heavy atom. The van der Waals surface area contributed by atoms with E-state index in [1.165, 1.54) is 5.56 Å². The number of likely N-dealkylation sites (tertiary alicyclic amines) is 1. The maximum Gasteiger partial charge on any atom is 0.219 e. The van der Waals surface area contributed by atoms with Crippen LogP contribution in [0.5, 0.6) is 0 Å². The number of nitrogens with one attached hydrogen (secondary N) is 1. The van der Waals surface area contributed by atoms with E-state index in [2.05, 4.69) is 52.4 Å². The van der Waals surface area contributed by atoms with E-state index in [1.807, 2.05) is 4.90 Å². The highest BCUT2D eigenvalue weighted by molar-refractivity contribution is 9.10. The predicted octanol–water partition coefficient (Wildman–Crippen LogP) is 2.80. The van der Waals surface area contributed by atoms with Gasteiger partial charge in [0.2, 0.25) is 5.91 Å². The summed E-state index contributed by atoms with van der Waals surface area (Å²) in [6.45, 7) is 6.50. The van der Waals surface area contributed by atoms with Gasteiger partial charge in [-0.2, -0.15) is 0 Å². The first-order valence-corrected chi connectivity index (χ1v) is 7.59. The van der Waals surface area contributed by atoms with Crippen LogP contribution in [0.3, 0.4) is 0 Å². The number of hydrogen-bond donors (Lipinski definition) is 1. The second-order valence-corrected chi connectivity index (χ2v) is 6.26. The van der Waals surface area contributed by atoms with Crippen molar-refractivity contribution in [2.75, 3.05) is 13.1 Å². The minimum Gasteiger partial charge on any atom is -0.343 e. The second-order valence-electron chi connectivity index (χ2n) is 5.34. The molecule has 0 aliphatic carbocycles. The fourth-order valence-electron chi connectivity index (χ4n) is 2.59. The fourth-order valence-corrected chi connectivity index (χ4v) is 2.85. The van der Waals surface area contributed by atoms with Crippen LogP contribution in [-0.4, -0.2) is 29.9 Å². The first kappa shape index (κ1) is 14.5. The lowest BCUT2D eigenvalue weighted by atomic mass is 9.93. The predicted molar refractivity (Wildman–Crippen MR) is 80.8 cm³/mol. The molecule has 1 fully saturated rings. The average Bonchev–Trinajstić information content (AvgIpc) is 2.39. The first-order chi connectivity index (χ1) is 9.06. The van der Waals surface area contributed by atoms with Crippen LogP contribution < -0.4 is 5.32 Å². The van der Waals surface area contributed by atoms with Crippen LogP contribution in [0.1, 0.15) is 25.8 Å². The normalized spacial score (nSPS) is 23.4. The van der Waals surface area contributed by atoms with Crippen LogP contribution >= 0.6 is 15.9 Å². The monoisotopic (exact) mass is 324 g/mol. The van der Waals surface area contributed by atoms with Gasteiger partial charge < -0.3 is 10.2 Å². The third-order valence-electron chi connectivity index (χ3n) is 3.83. The average molecular weight is 325 g/mol. The molecule has 2 rings (SSSR count). The van der Waals surface area contributed by atoms with E-state index < -0.39 is 0 Å². The van der Waals surface area contributed by atoms with Crippen molar-refractivity contribution in [2.24, 2.45) is 5.92 Å². The number of benzene rings is 1. The van der Waals surface area contributed by atoms with Crippen molar-refractivity contribution in [3.8, 4) is 0 Å². The minimum absolute atomic E-state index is 0.193. The quantitative estimate of drug-likeness (QED) is 0.927. The summed E-state index contributed by atoms with van der Waals surface area (Å²) in [5.74, 6) is 0.700. The summed E-state index contributed by atoms with van der Waals surface area (Å²) in [7, 11) is 0. The maximum absolute atomic E-state index is 11.4. The maximum atomic E-state index is 11.4. The Bertz CT molecular complexity index is 432. The molecule has 1 N–H and O–H groups in total. The lowest BCUT2D eigenvalue weighted by Gasteiger charge is -2.37. The molecule has 1 heterocycles. The number of halogens is 1. The molecule has 1 aliphatic heterocycles. The van der Waals surface area contributed by atoms with E-state index in [-0.39, 0.29) is 5.91 Å². The summed E-state index contributed by atoms with van der Waals surface area (Å²) in [6, 6.07) is 8.90. The molecule has 1 amide bonds. The zero-order chi connectivity index (χ0) is 13.8. The Labute approximate surface area is 123 Å². The Kier molecular flexibility index (Phi) is 4.99. The van der Waals surface area contributed by atoms with Gasteiger partial charge in [0.05, 0.1) is 0 Å². The van der Waals surface area contributed by atoms with Gasteiger partial charge in [0.1, 0.15) is 0 Å². The summed E-state index contributed by atoms with van der Waals surface area (Å²) in [4.78, 5) is 13.3. The van der Waals surface area contributed by atoms with Gasteiger partial charge >= 0.3 is 0 Å². The standard InChI is InChI=1S/C15H21BrN2O/c1-11-10-18(12(2)19)8-7-15(11)17-9-13-3-5-14(16)6-4-13/h3-6,11,15,17H,7-10H2,1-2H3/t11-,15+/m1/s1. The molecule has 0 aromatic heterocycles. The van der Waals surface area contributed by atoms with Gasteiger partial charge in [-0.05, 0) is 30.0 Å². The van der Waals surface area contributed by atoms with Crippen molar-refractivity contribution in [1.29, 1.82) is 0 Å². The lowest BCUT2D eigenvalue weighted by molar-refractivity contribution is -0.130. The van der Waals surface area contributed by atoms with Crippen molar-refractivity contribution in [3.05, 3.63) is 34.3 Å². The van der Waals surface area contributed by atoms with Gasteiger partial charge in [-0.15, -0.1) is 0 Å². The van der Waals surface area contributed by atoms with E-state index in [1.54, 1.807) is 6.92 Å². The smallest absolute Gasteiger partial charge is 0.219 e. The molecular formula is C15H21BrN2O. The van der Waals surface area contributed by atoms with Gasteiger partial charge in [0.25, 0.3) is 0 Å². The van der Waals surface area contributed by atoms with Crippen LogP contribution in [-0.2, 0) is 11.3 Å². The lowest BCUT2D eigenvalue weighted by Crippen LogP contribution is -2.49. The summed E-state index contributed by atoms with van der Waals surface area (Å²) >= 11 is 3.44. The van der Waals surface area contributed by atoms with Crippen LogP contribution in [0.25, 0.3) is 0 Å². The Hall–Kier alpha value is -0.870. The Morgan fingerprint density at radius 3 is 2.68 bits per heavy atom. The van der Waals surface area contributed by atoms with Crippen molar-refractivity contribution < 1.29 is 4.79 Å². The third-order valence-corrected chi connectivity index (χ3v) is 4.36. The fraction of sp³-hybridized carbons (Fsp3) is 0.533. The van der Waals surface area contributed by atoms with Gasteiger partial charge in [0, 0.05) is 37.1 Å². The molecule has 3 nitrogen and oxygen atoms in total. The Balaban J connectivity index is 1.84. The van der Waals surface area contributed by atoms with Crippen molar-refractivity contribution in [2.45, 2.75) is 32.9 Å². The number of amides is 1. The second kappa shape index (κ2) is 6.53. The molecular weight excluding hydrogens is 304 g/mol. The van der Waals surface area contributed by atoms with Crippen LogP contribution in [0.2, 0.25) is 0 Å². The van der Waals surface area contributed by atoms with E-state index in [9.17, 15) is 4.79 Å². The van der Waals surface area contributed by atoms with E-state index in [0.29, 0.717) is 12.0 Å². The number of carbonyl (C=O) groups excluding carboxylic acids is 1. The molecule has 1 saturated heterocycles. The van der Waals surface area contributed by atoms with Crippen molar-refractivity contribution >= 4 is 21.8 Å². The van der Waals surface area contributed by atoms with E-state index >= 15 is 0 Å². The zero-order valence-electron chi connectivity index (χ0n) is 11.5. The third kappa shape index (κ3) is 4.05. The number of hydrogen-bond acceptors (Lipinski definition) is 2. The summed E-state index contributed by atoms with van der Waals surface area (Å²) in [6.07, 6.45) is 1.04. The van der Waals surface area contributed by atoms with Gasteiger partial charge in [0.15, 0.2) is 0 Å². The largest absolute Gasteiger partial charge is 0.343 e. The SMILES string of the molecule is CC(=O)N1CC[C@H](NCc2ccc(Br)cc2)[C@H](C)C1. The summed E-state index contributed by atoms with van der Waals surface area (Å²) < 4.78 is 1.11. The molecule has 0 bridgehead atoms. The molecule has 0 saturated carbocycles. The molecule has 4 heteroatoms. The van der Waals surface area contributed by atoms with Crippen molar-refractivity contribution in [1.82, 2.24) is 10.2 Å². The molecule has 0 unspecified atom stereocenters. The minimum atomic E-state index is 0.193. The first-order valence-electron chi connectivity index (χ1n) is 6.79. The highest BCUT2D eigenvalue weighted by Gasteiger charge is 2.26. The molecule has 1 aromatic carbocycles. The zero-order valence-corrected chi connectivity index (χ0v) is 13.1. The summed E-state index contributed by atoms with van der Waals surface area (Å²) in [5, 5.41) is 3.61. The van der Waals surface area contributed by atoms with Gasteiger partial charge in [-0.1, -0.05) is 35.0 Å². The van der Waals surface area contributed by atoms with E-state index in [4.69, 9.17) is 0 Å². The van der Waals surface area contributed by atoms with E-state index in [0.717, 1.165) is 30.5 Å². The molecule has 2 atom stereocenters. The van der Waals surface area contributed by atoms with Crippen molar-refractivity contribution in [3.63, 3.8) is 0 Å². The molecule has 0 spiro atoms. The highest BCUT2D eigenvalue weighted by atomic mass is 79.9. The van der Waals surface area contributed by atoms with Gasteiger partial charge in [-0.25, -0.2) is 0 Å². The number of nitrogens with zero attached hydrogens (tertiary/aromatic N) is 1. The molecule has 1 aromatic rings. The number of piperidine rings is 1. The molecule has 104 valence electrons. The molecule has 0 radical (unpaired) electrons. The van der Waals surface area contributed by atoms with Gasteiger partial charge in [-0.3, -0.25) is 4.79 Å². The number of carbonyl (C=O) groups is 1. The topological polar surface area (TPSA) is 32.3 Å².